The molecule has 140 valence electrons. The smallest absolute Gasteiger partial charge is 0.292 e. The van der Waals surface area contributed by atoms with E-state index in [-0.39, 0.29) is 17.6 Å². The molecular formula is C17H25N7O2. The first-order valence-electron chi connectivity index (χ1n) is 8.57. The number of carbonyl (C=O) groups excluding carboxylic acids is 2. The fourth-order valence-corrected chi connectivity index (χ4v) is 2.31. The molecule has 0 aromatic carbocycles. The van der Waals surface area contributed by atoms with Gasteiger partial charge in [0.25, 0.3) is 11.7 Å². The van der Waals surface area contributed by atoms with Gasteiger partial charge in [-0.3, -0.25) is 9.59 Å². The van der Waals surface area contributed by atoms with E-state index in [1.807, 2.05) is 19.3 Å². The van der Waals surface area contributed by atoms with Gasteiger partial charge in [0.1, 0.15) is 0 Å². The lowest BCUT2D eigenvalue weighted by Crippen LogP contribution is -2.30. The van der Waals surface area contributed by atoms with E-state index in [1.54, 1.807) is 6.92 Å². The Morgan fingerprint density at radius 1 is 1.23 bits per heavy atom. The van der Waals surface area contributed by atoms with E-state index < -0.39 is 0 Å². The predicted octanol–water partition coefficient (Wildman–Crippen LogP) is 0.457. The summed E-state index contributed by atoms with van der Waals surface area (Å²) in [7, 11) is 2.01. The topological polar surface area (TPSA) is 107 Å². The fraction of sp³-hybridized carbons (Fsp3) is 0.471. The van der Waals surface area contributed by atoms with Crippen LogP contribution in [-0.4, -0.2) is 49.7 Å². The average Bonchev–Trinajstić information content (AvgIpc) is 3.24. The molecule has 0 aliphatic rings. The number of amides is 2. The van der Waals surface area contributed by atoms with Gasteiger partial charge >= 0.3 is 0 Å². The van der Waals surface area contributed by atoms with E-state index in [1.165, 1.54) is 10.5 Å². The minimum Gasteiger partial charge on any atom is -0.354 e. The Morgan fingerprint density at radius 2 is 2.00 bits per heavy atom. The summed E-state index contributed by atoms with van der Waals surface area (Å²) in [6.07, 6.45) is 4.38. The molecule has 0 unspecified atom stereocenters. The van der Waals surface area contributed by atoms with Crippen molar-refractivity contribution in [3.8, 4) is 0 Å². The van der Waals surface area contributed by atoms with Gasteiger partial charge in [-0.2, -0.15) is 4.80 Å². The Balaban J connectivity index is 1.66. The maximum Gasteiger partial charge on any atom is 0.292 e. The zero-order valence-electron chi connectivity index (χ0n) is 15.2. The van der Waals surface area contributed by atoms with Gasteiger partial charge in [-0.05, 0) is 43.5 Å². The summed E-state index contributed by atoms with van der Waals surface area (Å²) in [6.45, 7) is 6.67. The van der Waals surface area contributed by atoms with E-state index in [2.05, 4.69) is 43.3 Å². The molecule has 9 heteroatoms. The Morgan fingerprint density at radius 3 is 2.69 bits per heavy atom. The van der Waals surface area contributed by atoms with Gasteiger partial charge in [-0.25, -0.2) is 0 Å². The number of nitrogens with zero attached hydrogens (tertiary/aromatic N) is 5. The third-order valence-corrected chi connectivity index (χ3v) is 3.81. The summed E-state index contributed by atoms with van der Waals surface area (Å²) in [5, 5.41) is 17.2. The molecule has 2 N–H and O–H groups in total. The highest BCUT2D eigenvalue weighted by Crippen LogP contribution is 2.04. The van der Waals surface area contributed by atoms with E-state index in [4.69, 9.17) is 0 Å². The van der Waals surface area contributed by atoms with Crippen molar-refractivity contribution in [2.45, 2.75) is 32.7 Å². The summed E-state index contributed by atoms with van der Waals surface area (Å²) in [6, 6.07) is 4.09. The second kappa shape index (κ2) is 9.50. The number of aryl methyl sites for hydroxylation is 3. The number of aromatic nitrogens is 5. The second-order valence-corrected chi connectivity index (χ2v) is 6.07. The highest BCUT2D eigenvalue weighted by molar-refractivity contribution is 5.92. The number of nitrogens with one attached hydrogen (secondary N) is 2. The van der Waals surface area contributed by atoms with Crippen LogP contribution in [0.1, 0.15) is 36.1 Å². The SMILES string of the molecule is C=C(C)C(=O)NCCCNC(=O)c1nnn(CCCc2cccn2C)n1. The van der Waals surface area contributed by atoms with Crippen molar-refractivity contribution in [1.82, 2.24) is 35.4 Å². The van der Waals surface area contributed by atoms with Gasteiger partial charge in [0, 0.05) is 37.6 Å². The van der Waals surface area contributed by atoms with Crippen molar-refractivity contribution in [2.75, 3.05) is 13.1 Å². The van der Waals surface area contributed by atoms with Crippen molar-refractivity contribution < 1.29 is 9.59 Å². The molecule has 0 saturated carbocycles. The number of carbonyl (C=O) groups is 2. The maximum atomic E-state index is 12.0. The quantitative estimate of drug-likeness (QED) is 0.473. The molecule has 2 amide bonds. The molecule has 9 nitrogen and oxygen atoms in total. The van der Waals surface area contributed by atoms with Crippen molar-refractivity contribution in [2.24, 2.45) is 7.05 Å². The molecule has 2 rings (SSSR count). The van der Waals surface area contributed by atoms with Gasteiger partial charge in [0.05, 0.1) is 6.54 Å². The molecule has 0 radical (unpaired) electrons. The zero-order chi connectivity index (χ0) is 18.9. The van der Waals surface area contributed by atoms with Crippen LogP contribution in [0.2, 0.25) is 0 Å². The minimum absolute atomic E-state index is 0.0508. The predicted molar refractivity (Wildman–Crippen MR) is 96.3 cm³/mol. The Hall–Kier alpha value is -2.97. The van der Waals surface area contributed by atoms with Crippen LogP contribution in [0.4, 0.5) is 0 Å². The largest absolute Gasteiger partial charge is 0.354 e. The summed E-state index contributed by atoms with van der Waals surface area (Å²) < 4.78 is 2.08. The van der Waals surface area contributed by atoms with Gasteiger partial charge in [0.2, 0.25) is 5.91 Å². The third-order valence-electron chi connectivity index (χ3n) is 3.81. The Kier molecular flexibility index (Phi) is 7.07. The Labute approximate surface area is 152 Å². The van der Waals surface area contributed by atoms with Crippen LogP contribution in [0.5, 0.6) is 0 Å². The molecule has 0 bridgehead atoms. The van der Waals surface area contributed by atoms with E-state index >= 15 is 0 Å². The molecule has 0 aliphatic heterocycles. The van der Waals surface area contributed by atoms with Crippen LogP contribution in [-0.2, 0) is 24.8 Å². The molecule has 0 spiro atoms. The van der Waals surface area contributed by atoms with Crippen molar-refractivity contribution in [3.05, 3.63) is 42.0 Å². The molecule has 0 atom stereocenters. The Bertz CT molecular complexity index is 763. The van der Waals surface area contributed by atoms with E-state index in [9.17, 15) is 9.59 Å². The molecule has 26 heavy (non-hydrogen) atoms. The van der Waals surface area contributed by atoms with Gasteiger partial charge in [-0.15, -0.1) is 10.2 Å². The van der Waals surface area contributed by atoms with Crippen LogP contribution in [0.3, 0.4) is 0 Å². The molecule has 2 heterocycles. The first kappa shape index (κ1) is 19.4. The second-order valence-electron chi connectivity index (χ2n) is 6.07. The highest BCUT2D eigenvalue weighted by atomic mass is 16.2. The lowest BCUT2D eigenvalue weighted by atomic mass is 10.2. The summed E-state index contributed by atoms with van der Waals surface area (Å²) >= 11 is 0. The summed E-state index contributed by atoms with van der Waals surface area (Å²) in [5.41, 5.74) is 1.70. The van der Waals surface area contributed by atoms with Crippen molar-refractivity contribution in [3.63, 3.8) is 0 Å². The van der Waals surface area contributed by atoms with Crippen LogP contribution in [0.25, 0.3) is 0 Å². The summed E-state index contributed by atoms with van der Waals surface area (Å²) in [5.74, 6) is -0.504. The highest BCUT2D eigenvalue weighted by Gasteiger charge is 2.12. The number of hydrogen-bond acceptors (Lipinski definition) is 5. The standard InChI is InChI=1S/C17H25N7O2/c1-13(2)16(25)18-9-6-10-19-17(26)15-20-22-24(21-15)12-5-8-14-7-4-11-23(14)3/h4,7,11H,1,5-6,8-10,12H2,2-3H3,(H,18,25)(H,19,26). The van der Waals surface area contributed by atoms with E-state index in [0.717, 1.165) is 12.8 Å². The molecule has 0 fully saturated rings. The van der Waals surface area contributed by atoms with Gasteiger partial charge < -0.3 is 15.2 Å². The molecule has 0 aliphatic carbocycles. The first-order chi connectivity index (χ1) is 12.5. The zero-order valence-corrected chi connectivity index (χ0v) is 15.2. The van der Waals surface area contributed by atoms with Crippen molar-refractivity contribution >= 4 is 11.8 Å². The number of tetrazole rings is 1. The van der Waals surface area contributed by atoms with Gasteiger partial charge in [0.15, 0.2) is 0 Å². The monoisotopic (exact) mass is 359 g/mol. The van der Waals surface area contributed by atoms with Crippen LogP contribution < -0.4 is 10.6 Å². The number of rotatable bonds is 10. The third kappa shape index (κ3) is 5.83. The average molecular weight is 359 g/mol. The maximum absolute atomic E-state index is 12.0. The van der Waals surface area contributed by atoms with Gasteiger partial charge in [-0.1, -0.05) is 6.58 Å². The lowest BCUT2D eigenvalue weighted by Gasteiger charge is -2.05. The fourth-order valence-electron chi connectivity index (χ4n) is 2.31. The normalized spacial score (nSPS) is 10.5. The summed E-state index contributed by atoms with van der Waals surface area (Å²) in [4.78, 5) is 24.7. The van der Waals surface area contributed by atoms with Crippen LogP contribution in [0.15, 0.2) is 30.5 Å². The van der Waals surface area contributed by atoms with Crippen LogP contribution >= 0.6 is 0 Å². The van der Waals surface area contributed by atoms with E-state index in [0.29, 0.717) is 31.6 Å². The molecule has 2 aromatic rings. The first-order valence-corrected chi connectivity index (χ1v) is 8.57. The minimum atomic E-state index is -0.370. The van der Waals surface area contributed by atoms with Crippen LogP contribution in [0, 0.1) is 0 Å². The molecule has 2 aromatic heterocycles. The lowest BCUT2D eigenvalue weighted by molar-refractivity contribution is -0.117. The molecule has 0 saturated heterocycles. The van der Waals surface area contributed by atoms with Crippen molar-refractivity contribution in [1.29, 1.82) is 0 Å². The number of hydrogen-bond donors (Lipinski definition) is 2. The molecular weight excluding hydrogens is 334 g/mol.